The Bertz CT molecular complexity index is 472. The maximum Gasteiger partial charge on any atom is 0.129 e. The minimum absolute atomic E-state index is 0.432. The van der Waals surface area contributed by atoms with Crippen LogP contribution >= 0.6 is 0 Å². The lowest BCUT2D eigenvalue weighted by Gasteiger charge is -2.38. The van der Waals surface area contributed by atoms with Gasteiger partial charge in [-0.2, -0.15) is 0 Å². The van der Waals surface area contributed by atoms with Crippen molar-refractivity contribution in [3.05, 3.63) is 35.4 Å². The molecule has 0 radical (unpaired) electrons. The number of hydrogen-bond acceptors (Lipinski definition) is 2. The molecular formula is C16H23NOSi. The first kappa shape index (κ1) is 14.3. The van der Waals surface area contributed by atoms with Crippen LogP contribution in [0, 0.1) is 11.5 Å². The second-order valence-corrected chi connectivity index (χ2v) is 11.0. The van der Waals surface area contributed by atoms with Gasteiger partial charge in [-0.3, -0.25) is 4.90 Å². The summed E-state index contributed by atoms with van der Waals surface area (Å²) in [4.78, 5) is 2.40. The van der Waals surface area contributed by atoms with Gasteiger partial charge in [0.25, 0.3) is 0 Å². The van der Waals surface area contributed by atoms with E-state index in [1.54, 1.807) is 7.11 Å². The average molecular weight is 273 g/mol. The van der Waals surface area contributed by atoms with Crippen LogP contribution < -0.4 is 0 Å². The maximum atomic E-state index is 5.28. The van der Waals surface area contributed by atoms with E-state index in [-0.39, 0.29) is 0 Å². The molecule has 1 aliphatic heterocycles. The van der Waals surface area contributed by atoms with E-state index in [1.807, 2.05) is 0 Å². The molecule has 1 saturated heterocycles. The summed E-state index contributed by atoms with van der Waals surface area (Å²) in [6.45, 7) is 9.92. The molecule has 2 rings (SSSR count). The Morgan fingerprint density at radius 2 is 1.84 bits per heavy atom. The molecule has 1 aliphatic rings. The van der Waals surface area contributed by atoms with E-state index in [0.717, 1.165) is 25.2 Å². The van der Waals surface area contributed by atoms with E-state index in [2.05, 4.69) is 60.3 Å². The molecule has 0 unspecified atom stereocenters. The molecule has 3 heteroatoms. The zero-order valence-corrected chi connectivity index (χ0v) is 13.4. The molecule has 19 heavy (non-hydrogen) atoms. The molecule has 1 aromatic carbocycles. The summed E-state index contributed by atoms with van der Waals surface area (Å²) in [5.74, 6) is 3.29. The average Bonchev–Trinajstić information content (AvgIpc) is 2.31. The smallest absolute Gasteiger partial charge is 0.129 e. The fourth-order valence-corrected chi connectivity index (χ4v) is 2.53. The molecule has 0 amide bonds. The number of ether oxygens (including phenoxy) is 1. The molecule has 0 saturated carbocycles. The number of nitrogens with zero attached hydrogens (tertiary/aromatic N) is 1. The van der Waals surface area contributed by atoms with E-state index >= 15 is 0 Å². The van der Waals surface area contributed by atoms with Gasteiger partial charge in [-0.05, 0) is 17.7 Å². The van der Waals surface area contributed by atoms with Crippen molar-refractivity contribution in [3.63, 3.8) is 0 Å². The van der Waals surface area contributed by atoms with Crippen LogP contribution in [0.2, 0.25) is 19.6 Å². The van der Waals surface area contributed by atoms with Gasteiger partial charge in [0.15, 0.2) is 0 Å². The Labute approximate surface area is 117 Å². The molecule has 0 N–H and O–H groups in total. The molecule has 0 atom stereocenters. The summed E-state index contributed by atoms with van der Waals surface area (Å²) >= 11 is 0. The molecule has 1 aromatic rings. The fourth-order valence-electron chi connectivity index (χ4n) is 2.01. The summed E-state index contributed by atoms with van der Waals surface area (Å²) in [7, 11) is 0.514. The van der Waals surface area contributed by atoms with Crippen LogP contribution in [-0.2, 0) is 11.3 Å². The zero-order chi connectivity index (χ0) is 13.9. The van der Waals surface area contributed by atoms with Crippen molar-refractivity contribution in [2.24, 2.45) is 0 Å². The van der Waals surface area contributed by atoms with Gasteiger partial charge in [-0.1, -0.05) is 37.7 Å². The third-order valence-corrected chi connectivity index (χ3v) is 4.07. The standard InChI is InChI=1S/C16H23NOSi/c1-18-16-12-17(13-16)11-15-7-5-14(6-8-15)9-10-19(2,3)4/h5-8,16H,11-13H2,1-4H3. The van der Waals surface area contributed by atoms with Gasteiger partial charge in [0.05, 0.1) is 6.10 Å². The predicted octanol–water partition coefficient (Wildman–Crippen LogP) is 2.75. The van der Waals surface area contributed by atoms with Crippen LogP contribution in [0.4, 0.5) is 0 Å². The summed E-state index contributed by atoms with van der Waals surface area (Å²) in [5, 5.41) is 0. The van der Waals surface area contributed by atoms with E-state index in [4.69, 9.17) is 4.74 Å². The van der Waals surface area contributed by atoms with Crippen molar-refractivity contribution < 1.29 is 4.74 Å². The summed E-state index contributed by atoms with van der Waals surface area (Å²) in [5.41, 5.74) is 5.88. The van der Waals surface area contributed by atoms with E-state index in [9.17, 15) is 0 Å². The highest BCUT2D eigenvalue weighted by molar-refractivity contribution is 6.83. The molecule has 1 fully saturated rings. The minimum Gasteiger partial charge on any atom is -0.379 e. The van der Waals surface area contributed by atoms with Crippen molar-refractivity contribution in [1.29, 1.82) is 0 Å². The van der Waals surface area contributed by atoms with Crippen molar-refractivity contribution >= 4 is 8.07 Å². The monoisotopic (exact) mass is 273 g/mol. The van der Waals surface area contributed by atoms with Crippen LogP contribution in [0.15, 0.2) is 24.3 Å². The first-order valence-corrected chi connectivity index (χ1v) is 10.3. The van der Waals surface area contributed by atoms with Crippen LogP contribution in [0.1, 0.15) is 11.1 Å². The molecular weight excluding hydrogens is 250 g/mol. The normalized spacial score (nSPS) is 16.6. The van der Waals surface area contributed by atoms with Crippen LogP contribution in [0.25, 0.3) is 0 Å². The molecule has 0 spiro atoms. The Morgan fingerprint density at radius 1 is 1.21 bits per heavy atom. The van der Waals surface area contributed by atoms with Gasteiger partial charge in [0.1, 0.15) is 8.07 Å². The minimum atomic E-state index is -1.27. The third-order valence-electron chi connectivity index (χ3n) is 3.20. The highest BCUT2D eigenvalue weighted by atomic mass is 28.3. The van der Waals surface area contributed by atoms with Crippen LogP contribution in [0.5, 0.6) is 0 Å². The second kappa shape index (κ2) is 5.92. The Balaban J connectivity index is 1.90. The lowest BCUT2D eigenvalue weighted by Crippen LogP contribution is -2.50. The fraction of sp³-hybridized carbons (Fsp3) is 0.500. The highest BCUT2D eigenvalue weighted by Gasteiger charge is 2.25. The predicted molar refractivity (Wildman–Crippen MR) is 82.7 cm³/mol. The van der Waals surface area contributed by atoms with Crippen molar-refractivity contribution in [2.45, 2.75) is 32.3 Å². The molecule has 0 aromatic heterocycles. The van der Waals surface area contributed by atoms with Gasteiger partial charge < -0.3 is 4.74 Å². The highest BCUT2D eigenvalue weighted by Crippen LogP contribution is 2.15. The maximum absolute atomic E-state index is 5.28. The molecule has 2 nitrogen and oxygen atoms in total. The Morgan fingerprint density at radius 3 is 2.37 bits per heavy atom. The lowest BCUT2D eigenvalue weighted by atomic mass is 10.1. The Hall–Kier alpha value is -1.08. The SMILES string of the molecule is COC1CN(Cc2ccc(C#C[Si](C)(C)C)cc2)C1. The van der Waals surface area contributed by atoms with Crippen LogP contribution in [0.3, 0.4) is 0 Å². The quantitative estimate of drug-likeness (QED) is 0.620. The topological polar surface area (TPSA) is 12.5 Å². The molecule has 0 aliphatic carbocycles. The van der Waals surface area contributed by atoms with Crippen LogP contribution in [-0.4, -0.2) is 39.3 Å². The van der Waals surface area contributed by atoms with Crippen molar-refractivity contribution in [1.82, 2.24) is 4.90 Å². The van der Waals surface area contributed by atoms with Crippen molar-refractivity contribution in [3.8, 4) is 11.5 Å². The van der Waals surface area contributed by atoms with Gasteiger partial charge in [0, 0.05) is 32.3 Å². The van der Waals surface area contributed by atoms with Crippen molar-refractivity contribution in [2.75, 3.05) is 20.2 Å². The Kier molecular flexibility index (Phi) is 4.46. The molecule has 102 valence electrons. The largest absolute Gasteiger partial charge is 0.379 e. The van der Waals surface area contributed by atoms with E-state index in [0.29, 0.717) is 6.10 Å². The summed E-state index contributed by atoms with van der Waals surface area (Å²) in [6.07, 6.45) is 0.432. The number of benzene rings is 1. The van der Waals surface area contributed by atoms with Gasteiger partial charge in [-0.15, -0.1) is 5.54 Å². The zero-order valence-electron chi connectivity index (χ0n) is 12.4. The number of hydrogen-bond donors (Lipinski definition) is 0. The summed E-state index contributed by atoms with van der Waals surface area (Å²) in [6, 6.07) is 8.65. The van der Waals surface area contributed by atoms with E-state index < -0.39 is 8.07 Å². The van der Waals surface area contributed by atoms with E-state index in [1.165, 1.54) is 5.56 Å². The number of methoxy groups -OCH3 is 1. The lowest BCUT2D eigenvalue weighted by molar-refractivity contribution is -0.0333. The summed E-state index contributed by atoms with van der Waals surface area (Å²) < 4.78 is 5.28. The number of rotatable bonds is 3. The third kappa shape index (κ3) is 4.50. The van der Waals surface area contributed by atoms with Gasteiger partial charge in [0.2, 0.25) is 0 Å². The first-order chi connectivity index (χ1) is 8.96. The molecule has 0 bridgehead atoms. The number of likely N-dealkylation sites (tertiary alicyclic amines) is 1. The van der Waals surface area contributed by atoms with Gasteiger partial charge in [-0.25, -0.2) is 0 Å². The molecule has 1 heterocycles. The van der Waals surface area contributed by atoms with Gasteiger partial charge >= 0.3 is 0 Å². The second-order valence-electron chi connectivity index (χ2n) is 6.25. The first-order valence-electron chi connectivity index (χ1n) is 6.83.